The number of pyridine rings is 1. The first-order valence-corrected chi connectivity index (χ1v) is 8.68. The van der Waals surface area contributed by atoms with Crippen molar-refractivity contribution in [3.63, 3.8) is 0 Å². The van der Waals surface area contributed by atoms with E-state index in [-0.39, 0.29) is 5.78 Å². The van der Waals surface area contributed by atoms with E-state index in [9.17, 15) is 4.79 Å². The summed E-state index contributed by atoms with van der Waals surface area (Å²) in [4.78, 5) is 21.1. The summed E-state index contributed by atoms with van der Waals surface area (Å²) in [5, 5.41) is 4.94. The van der Waals surface area contributed by atoms with E-state index in [0.717, 1.165) is 33.8 Å². The Hall–Kier alpha value is -3.06. The predicted molar refractivity (Wildman–Crippen MR) is 93.3 cm³/mol. The zero-order valence-corrected chi connectivity index (χ0v) is 13.9. The van der Waals surface area contributed by atoms with Gasteiger partial charge in [-0.3, -0.25) is 9.78 Å². The number of carbonyl (C=O) groups excluding carboxylic acids is 1. The van der Waals surface area contributed by atoms with Gasteiger partial charge in [-0.15, -0.1) is 5.10 Å². The monoisotopic (exact) mass is 348 g/mol. The first-order chi connectivity index (χ1) is 12.3. The molecule has 4 aromatic rings. The van der Waals surface area contributed by atoms with Crippen LogP contribution in [0.4, 0.5) is 0 Å². The van der Waals surface area contributed by atoms with Crippen LogP contribution in [0.25, 0.3) is 16.2 Å². The van der Waals surface area contributed by atoms with E-state index in [0.29, 0.717) is 17.4 Å². The summed E-state index contributed by atoms with van der Waals surface area (Å²) >= 11 is 1.37. The lowest BCUT2D eigenvalue weighted by molar-refractivity contribution is 0.0994. The number of hydrogen-bond donors (Lipinski definition) is 0. The highest BCUT2D eigenvalue weighted by Gasteiger charge is 2.20. The highest BCUT2D eigenvalue weighted by Crippen LogP contribution is 2.32. The van der Waals surface area contributed by atoms with Gasteiger partial charge >= 0.3 is 0 Å². The molecule has 3 aromatic heterocycles. The minimum absolute atomic E-state index is 0.206. The molecule has 6 nitrogen and oxygen atoms in total. The average molecular weight is 348 g/mol. The molecule has 122 valence electrons. The summed E-state index contributed by atoms with van der Waals surface area (Å²) in [6.07, 6.45) is 6.73. The van der Waals surface area contributed by atoms with Crippen LogP contribution < -0.4 is 4.74 Å². The molecule has 1 aliphatic rings. The maximum atomic E-state index is 11.7. The van der Waals surface area contributed by atoms with Gasteiger partial charge in [0, 0.05) is 29.9 Å². The lowest BCUT2D eigenvalue weighted by Gasteiger charge is -2.03. The van der Waals surface area contributed by atoms with Crippen molar-refractivity contribution in [3.05, 3.63) is 60.0 Å². The number of aryl methyl sites for hydroxylation is 1. The first-order valence-electron chi connectivity index (χ1n) is 7.87. The number of aromatic nitrogens is 4. The third kappa shape index (κ3) is 2.49. The predicted octanol–water partition coefficient (Wildman–Crippen LogP) is 3.77. The van der Waals surface area contributed by atoms with Crippen molar-refractivity contribution >= 4 is 22.1 Å². The van der Waals surface area contributed by atoms with Gasteiger partial charge in [-0.05, 0) is 53.7 Å². The quantitative estimate of drug-likeness (QED) is 0.564. The zero-order chi connectivity index (χ0) is 16.8. The van der Waals surface area contributed by atoms with Crippen LogP contribution in [-0.4, -0.2) is 25.4 Å². The van der Waals surface area contributed by atoms with E-state index in [1.54, 1.807) is 16.9 Å². The third-order valence-electron chi connectivity index (χ3n) is 4.19. The Morgan fingerprint density at radius 2 is 2.16 bits per heavy atom. The number of benzene rings is 1. The van der Waals surface area contributed by atoms with E-state index in [1.807, 2.05) is 36.5 Å². The Balaban J connectivity index is 1.43. The largest absolute Gasteiger partial charge is 0.430 e. The standard InChI is InChI=1S/C18H12N4O2S/c23-16-6-3-11-8-13(4-5-14(11)16)24-18-21-22-10-15(20-17(22)25-18)12-2-1-7-19-9-12/h1-2,4-5,7-10H,3,6H2. The third-order valence-corrected chi connectivity index (χ3v) is 4.99. The summed E-state index contributed by atoms with van der Waals surface area (Å²) < 4.78 is 7.56. The Morgan fingerprint density at radius 3 is 3.00 bits per heavy atom. The Morgan fingerprint density at radius 1 is 1.20 bits per heavy atom. The summed E-state index contributed by atoms with van der Waals surface area (Å²) in [6, 6.07) is 9.41. The van der Waals surface area contributed by atoms with Gasteiger partial charge < -0.3 is 4.74 Å². The molecule has 0 unspecified atom stereocenters. The molecule has 0 saturated heterocycles. The number of rotatable bonds is 3. The number of imidazole rings is 1. The Kier molecular flexibility index (Phi) is 3.14. The second-order valence-electron chi connectivity index (χ2n) is 5.81. The molecule has 0 N–H and O–H groups in total. The number of carbonyl (C=O) groups is 1. The van der Waals surface area contributed by atoms with Crippen LogP contribution in [0.2, 0.25) is 0 Å². The van der Waals surface area contributed by atoms with Gasteiger partial charge in [-0.25, -0.2) is 9.50 Å². The number of ether oxygens (including phenoxy) is 1. The molecule has 0 amide bonds. The van der Waals surface area contributed by atoms with Crippen LogP contribution in [0.5, 0.6) is 10.9 Å². The molecule has 1 aromatic carbocycles. The molecule has 3 heterocycles. The van der Waals surface area contributed by atoms with Crippen molar-refractivity contribution < 1.29 is 9.53 Å². The summed E-state index contributed by atoms with van der Waals surface area (Å²) in [5.41, 5.74) is 3.63. The maximum Gasteiger partial charge on any atom is 0.299 e. The van der Waals surface area contributed by atoms with Crippen LogP contribution in [0, 0.1) is 0 Å². The SMILES string of the molecule is O=C1CCc2cc(Oc3nn4cc(-c5cccnc5)nc4s3)ccc21. The second kappa shape index (κ2) is 5.49. The normalized spacial score (nSPS) is 13.4. The van der Waals surface area contributed by atoms with Gasteiger partial charge in [-0.2, -0.15) is 0 Å². The first kappa shape index (κ1) is 14.3. The van der Waals surface area contributed by atoms with Gasteiger partial charge in [0.05, 0.1) is 11.9 Å². The van der Waals surface area contributed by atoms with Crippen molar-refractivity contribution in [2.24, 2.45) is 0 Å². The molecule has 0 spiro atoms. The molecule has 7 heteroatoms. The van der Waals surface area contributed by atoms with Crippen LogP contribution in [0.3, 0.4) is 0 Å². The fraction of sp³-hybridized carbons (Fsp3) is 0.111. The Bertz CT molecular complexity index is 1070. The van der Waals surface area contributed by atoms with Crippen LogP contribution >= 0.6 is 11.3 Å². The van der Waals surface area contributed by atoms with Gasteiger partial charge in [0.15, 0.2) is 5.78 Å². The van der Waals surface area contributed by atoms with E-state index in [2.05, 4.69) is 15.1 Å². The molecule has 0 saturated carbocycles. The Labute approximate surface area is 146 Å². The topological polar surface area (TPSA) is 69.4 Å². The fourth-order valence-corrected chi connectivity index (χ4v) is 3.73. The number of nitrogens with zero attached hydrogens (tertiary/aromatic N) is 4. The zero-order valence-electron chi connectivity index (χ0n) is 13.0. The molecule has 0 atom stereocenters. The number of hydrogen-bond acceptors (Lipinski definition) is 6. The van der Waals surface area contributed by atoms with Gasteiger partial charge in [0.1, 0.15) is 5.75 Å². The molecular formula is C18H12N4O2S. The molecule has 5 rings (SSSR count). The van der Waals surface area contributed by atoms with Crippen molar-refractivity contribution in [1.82, 2.24) is 19.6 Å². The van der Waals surface area contributed by atoms with Crippen LogP contribution in [0.1, 0.15) is 22.3 Å². The van der Waals surface area contributed by atoms with Crippen molar-refractivity contribution in [2.45, 2.75) is 12.8 Å². The summed E-state index contributed by atoms with van der Waals surface area (Å²) in [5.74, 6) is 0.898. The van der Waals surface area contributed by atoms with E-state index >= 15 is 0 Å². The van der Waals surface area contributed by atoms with Crippen molar-refractivity contribution in [3.8, 4) is 22.2 Å². The van der Waals surface area contributed by atoms with E-state index < -0.39 is 0 Å². The molecule has 25 heavy (non-hydrogen) atoms. The minimum atomic E-state index is 0.206. The van der Waals surface area contributed by atoms with Crippen molar-refractivity contribution in [1.29, 1.82) is 0 Å². The van der Waals surface area contributed by atoms with Crippen LogP contribution in [0.15, 0.2) is 48.9 Å². The van der Waals surface area contributed by atoms with E-state index in [1.165, 1.54) is 11.3 Å². The molecule has 0 radical (unpaired) electrons. The minimum Gasteiger partial charge on any atom is -0.430 e. The van der Waals surface area contributed by atoms with Gasteiger partial charge in [0.25, 0.3) is 5.19 Å². The van der Waals surface area contributed by atoms with E-state index in [4.69, 9.17) is 4.74 Å². The highest BCUT2D eigenvalue weighted by molar-refractivity contribution is 7.18. The lowest BCUT2D eigenvalue weighted by Crippen LogP contribution is -1.92. The van der Waals surface area contributed by atoms with Gasteiger partial charge in [-0.1, -0.05) is 0 Å². The number of fused-ring (bicyclic) bond motifs is 2. The average Bonchev–Trinajstić information content (AvgIpc) is 3.29. The summed E-state index contributed by atoms with van der Waals surface area (Å²) in [7, 11) is 0. The van der Waals surface area contributed by atoms with Gasteiger partial charge in [0.2, 0.25) is 4.96 Å². The molecule has 1 aliphatic carbocycles. The maximum absolute atomic E-state index is 11.7. The number of Topliss-reactive ketones (excluding diaryl/α,β-unsaturated/α-hetero) is 1. The fourth-order valence-electron chi connectivity index (χ4n) is 2.97. The molecular weight excluding hydrogens is 336 g/mol. The smallest absolute Gasteiger partial charge is 0.299 e. The number of ketones is 1. The molecule has 0 bridgehead atoms. The highest BCUT2D eigenvalue weighted by atomic mass is 32.1. The second-order valence-corrected chi connectivity index (χ2v) is 6.73. The van der Waals surface area contributed by atoms with Crippen LogP contribution in [-0.2, 0) is 6.42 Å². The molecule has 0 aliphatic heterocycles. The molecule has 0 fully saturated rings. The summed E-state index contributed by atoms with van der Waals surface area (Å²) in [6.45, 7) is 0. The van der Waals surface area contributed by atoms with Crippen molar-refractivity contribution in [2.75, 3.05) is 0 Å². The lowest BCUT2D eigenvalue weighted by atomic mass is 10.1.